The number of hydrogen-bond acceptors (Lipinski definition) is 10. The third-order valence-electron chi connectivity index (χ3n) is 5.67. The predicted octanol–water partition coefficient (Wildman–Crippen LogP) is 5.39. The quantitative estimate of drug-likeness (QED) is 0.191. The van der Waals surface area contributed by atoms with Crippen LogP contribution in [0.3, 0.4) is 0 Å². The van der Waals surface area contributed by atoms with Gasteiger partial charge in [0.15, 0.2) is 10.1 Å². The number of amides is 1. The topological polar surface area (TPSA) is 109 Å². The molecule has 8 nitrogen and oxygen atoms in total. The molecule has 1 N–H and O–H groups in total. The third kappa shape index (κ3) is 4.57. The van der Waals surface area contributed by atoms with Gasteiger partial charge < -0.3 is 5.11 Å². The van der Waals surface area contributed by atoms with E-state index in [4.69, 9.17) is 0 Å². The molecule has 0 saturated carbocycles. The minimum Gasteiger partial charge on any atom is -0.503 e. The lowest BCUT2D eigenvalue weighted by atomic mass is 9.96. The SMILES string of the molecule is Cc1ccc(CSc2nnc(N3C(=O)C(O)=C(C(=O)c4sc(C)nc4C)C3c3ccncc3)s2)cc1. The Kier molecular flexibility index (Phi) is 6.69. The lowest BCUT2D eigenvalue weighted by molar-refractivity contribution is -0.117. The number of thiazole rings is 1. The zero-order valence-corrected chi connectivity index (χ0v) is 22.1. The molecule has 1 atom stereocenters. The molecule has 0 fully saturated rings. The number of pyridine rings is 1. The fraction of sp³-hybridized carbons (Fsp3) is 0.200. The van der Waals surface area contributed by atoms with Gasteiger partial charge in [-0.3, -0.25) is 19.5 Å². The summed E-state index contributed by atoms with van der Waals surface area (Å²) in [4.78, 5) is 37.1. The second kappa shape index (κ2) is 9.92. The van der Waals surface area contributed by atoms with Gasteiger partial charge in [-0.1, -0.05) is 52.9 Å². The number of ketones is 1. The van der Waals surface area contributed by atoms with Gasteiger partial charge in [-0.2, -0.15) is 0 Å². The number of Topliss-reactive ketones (excluding diaryl/α,β-unsaturated/α-hetero) is 1. The molecule has 0 saturated heterocycles. The van der Waals surface area contributed by atoms with Crippen LogP contribution in [0, 0.1) is 20.8 Å². The number of rotatable bonds is 7. The first-order valence-electron chi connectivity index (χ1n) is 11.0. The first-order valence-corrected chi connectivity index (χ1v) is 13.6. The van der Waals surface area contributed by atoms with Gasteiger partial charge in [-0.05, 0) is 44.0 Å². The number of anilines is 1. The van der Waals surface area contributed by atoms with E-state index in [-0.39, 0.29) is 5.57 Å². The standard InChI is InChI=1S/C25H21N5O3S3/c1-13-4-6-16(7-5-13)12-34-25-29-28-24(36-25)30-19(17-8-10-26-11-9-17)18(21(32)23(30)33)20(31)22-14(2)27-15(3)35-22/h4-11,19,32H,12H2,1-3H3. The van der Waals surface area contributed by atoms with Gasteiger partial charge in [0, 0.05) is 18.1 Å². The van der Waals surface area contributed by atoms with E-state index in [9.17, 15) is 14.7 Å². The summed E-state index contributed by atoms with van der Waals surface area (Å²) in [5.74, 6) is -0.998. The van der Waals surface area contributed by atoms with E-state index in [1.165, 1.54) is 44.9 Å². The van der Waals surface area contributed by atoms with Crippen molar-refractivity contribution in [2.75, 3.05) is 4.90 Å². The second-order valence-corrected chi connectivity index (χ2v) is 11.6. The van der Waals surface area contributed by atoms with Crippen molar-refractivity contribution in [2.24, 2.45) is 0 Å². The Morgan fingerprint density at radius 1 is 1.06 bits per heavy atom. The Morgan fingerprint density at radius 3 is 2.44 bits per heavy atom. The van der Waals surface area contributed by atoms with Crippen LogP contribution >= 0.6 is 34.4 Å². The van der Waals surface area contributed by atoms with E-state index in [1.54, 1.807) is 31.5 Å². The Balaban J connectivity index is 1.48. The number of thioether (sulfide) groups is 1. The maximum absolute atomic E-state index is 13.6. The smallest absolute Gasteiger partial charge is 0.296 e. The number of carbonyl (C=O) groups excluding carboxylic acids is 2. The molecule has 5 rings (SSSR count). The molecule has 4 aromatic rings. The Hall–Kier alpha value is -3.41. The van der Waals surface area contributed by atoms with Crippen molar-refractivity contribution in [3.63, 3.8) is 0 Å². The van der Waals surface area contributed by atoms with E-state index < -0.39 is 23.5 Å². The van der Waals surface area contributed by atoms with Crippen molar-refractivity contribution >= 4 is 51.3 Å². The van der Waals surface area contributed by atoms with Crippen LogP contribution in [-0.4, -0.2) is 37.0 Å². The molecule has 1 aliphatic rings. The fourth-order valence-electron chi connectivity index (χ4n) is 3.95. The van der Waals surface area contributed by atoms with E-state index in [1.807, 2.05) is 13.8 Å². The lowest BCUT2D eigenvalue weighted by Gasteiger charge is -2.23. The first kappa shape index (κ1) is 24.3. The summed E-state index contributed by atoms with van der Waals surface area (Å²) < 4.78 is 0.681. The van der Waals surface area contributed by atoms with Crippen molar-refractivity contribution in [1.82, 2.24) is 20.2 Å². The summed E-state index contributed by atoms with van der Waals surface area (Å²) >= 11 is 4.00. The summed E-state index contributed by atoms with van der Waals surface area (Å²) in [5.41, 5.74) is 3.54. The summed E-state index contributed by atoms with van der Waals surface area (Å²) in [6.45, 7) is 5.60. The third-order valence-corrected chi connectivity index (χ3v) is 8.87. The first-order chi connectivity index (χ1) is 17.3. The molecule has 1 unspecified atom stereocenters. The van der Waals surface area contributed by atoms with E-state index in [0.29, 0.717) is 31.4 Å². The highest BCUT2D eigenvalue weighted by atomic mass is 32.2. The number of nitrogens with zero attached hydrogens (tertiary/aromatic N) is 5. The summed E-state index contributed by atoms with van der Waals surface area (Å²) in [7, 11) is 0. The highest BCUT2D eigenvalue weighted by Crippen LogP contribution is 2.44. The molecule has 1 amide bonds. The molecule has 4 heterocycles. The highest BCUT2D eigenvalue weighted by Gasteiger charge is 2.46. The van der Waals surface area contributed by atoms with Gasteiger partial charge in [0.25, 0.3) is 5.91 Å². The average Bonchev–Trinajstić information content (AvgIpc) is 3.55. The second-order valence-electron chi connectivity index (χ2n) is 8.22. The minimum absolute atomic E-state index is 0.00186. The van der Waals surface area contributed by atoms with E-state index >= 15 is 0 Å². The van der Waals surface area contributed by atoms with Crippen LogP contribution < -0.4 is 4.90 Å². The molecular formula is C25H21N5O3S3. The maximum atomic E-state index is 13.6. The molecule has 3 aromatic heterocycles. The summed E-state index contributed by atoms with van der Waals surface area (Å²) in [6, 6.07) is 10.8. The highest BCUT2D eigenvalue weighted by molar-refractivity contribution is 8.00. The molecule has 11 heteroatoms. The minimum atomic E-state index is -0.863. The number of aliphatic hydroxyl groups excluding tert-OH is 1. The summed E-state index contributed by atoms with van der Waals surface area (Å²) in [5, 5.41) is 20.5. The van der Waals surface area contributed by atoms with Crippen molar-refractivity contribution in [2.45, 2.75) is 36.9 Å². The number of aliphatic hydroxyl groups is 1. The van der Waals surface area contributed by atoms with Crippen LogP contribution in [0.1, 0.15) is 43.1 Å². The maximum Gasteiger partial charge on any atom is 0.296 e. The Morgan fingerprint density at radius 2 is 1.78 bits per heavy atom. The van der Waals surface area contributed by atoms with Gasteiger partial charge in [0.2, 0.25) is 10.9 Å². The van der Waals surface area contributed by atoms with Crippen LogP contribution in [0.25, 0.3) is 0 Å². The van der Waals surface area contributed by atoms with E-state index in [2.05, 4.69) is 44.4 Å². The van der Waals surface area contributed by atoms with E-state index in [0.717, 1.165) is 10.6 Å². The molecule has 182 valence electrons. The fourth-order valence-corrected chi connectivity index (χ4v) is 6.64. The molecule has 0 bridgehead atoms. The Labute approximate surface area is 219 Å². The molecule has 0 spiro atoms. The zero-order valence-electron chi connectivity index (χ0n) is 19.6. The largest absolute Gasteiger partial charge is 0.503 e. The van der Waals surface area contributed by atoms with Crippen molar-refractivity contribution in [3.8, 4) is 0 Å². The van der Waals surface area contributed by atoms with Crippen molar-refractivity contribution in [1.29, 1.82) is 0 Å². The number of aryl methyl sites for hydroxylation is 3. The number of hydrogen-bond donors (Lipinski definition) is 1. The lowest BCUT2D eigenvalue weighted by Crippen LogP contribution is -2.31. The number of benzene rings is 1. The van der Waals surface area contributed by atoms with Crippen LogP contribution in [0.15, 0.2) is 64.5 Å². The van der Waals surface area contributed by atoms with Gasteiger partial charge >= 0.3 is 0 Å². The summed E-state index contributed by atoms with van der Waals surface area (Å²) in [6.07, 6.45) is 3.17. The van der Waals surface area contributed by atoms with Gasteiger partial charge in [-0.25, -0.2) is 4.98 Å². The molecule has 36 heavy (non-hydrogen) atoms. The molecule has 1 aliphatic heterocycles. The monoisotopic (exact) mass is 535 g/mol. The van der Waals surface area contributed by atoms with Gasteiger partial charge in [0.05, 0.1) is 27.2 Å². The van der Waals surface area contributed by atoms with Gasteiger partial charge in [0.1, 0.15) is 0 Å². The number of carbonyl (C=O) groups is 2. The van der Waals surface area contributed by atoms with Crippen molar-refractivity contribution < 1.29 is 14.7 Å². The van der Waals surface area contributed by atoms with Crippen molar-refractivity contribution in [3.05, 3.63) is 92.4 Å². The molecule has 0 radical (unpaired) electrons. The van der Waals surface area contributed by atoms with Gasteiger partial charge in [-0.15, -0.1) is 21.5 Å². The molecule has 1 aromatic carbocycles. The number of aromatic nitrogens is 4. The Bertz CT molecular complexity index is 1480. The van der Waals surface area contributed by atoms with Crippen LogP contribution in [-0.2, 0) is 10.5 Å². The predicted molar refractivity (Wildman–Crippen MR) is 141 cm³/mol. The van der Waals surface area contributed by atoms with Crippen LogP contribution in [0.4, 0.5) is 5.13 Å². The normalized spacial score (nSPS) is 15.7. The average molecular weight is 536 g/mol. The zero-order chi connectivity index (χ0) is 25.4. The van der Waals surface area contributed by atoms with Crippen LogP contribution in [0.2, 0.25) is 0 Å². The van der Waals surface area contributed by atoms with Crippen LogP contribution in [0.5, 0.6) is 0 Å². The molecular weight excluding hydrogens is 515 g/mol. The molecule has 0 aliphatic carbocycles.